The van der Waals surface area contributed by atoms with E-state index in [-0.39, 0.29) is 12.4 Å². The number of hydrogen-bond donors (Lipinski definition) is 1. The molecule has 0 radical (unpaired) electrons. The average molecular weight is 308 g/mol. The van der Waals surface area contributed by atoms with Gasteiger partial charge in [0.15, 0.2) is 0 Å². The van der Waals surface area contributed by atoms with Crippen molar-refractivity contribution in [2.45, 2.75) is 6.42 Å². The number of hydrogen-bond acceptors (Lipinski definition) is 3. The average Bonchev–Trinajstić information content (AvgIpc) is 2.41. The molecule has 0 aliphatic rings. The molecule has 0 fully saturated rings. The highest BCUT2D eigenvalue weighted by atomic mass is 35.5. The fourth-order valence-electron chi connectivity index (χ4n) is 1.95. The first-order valence-electron chi connectivity index (χ1n) is 6.15. The molecule has 0 heterocycles. The van der Waals surface area contributed by atoms with Gasteiger partial charge in [0.05, 0.1) is 5.69 Å². The summed E-state index contributed by atoms with van der Waals surface area (Å²) in [4.78, 5) is 2.81. The van der Waals surface area contributed by atoms with Crippen LogP contribution in [-0.2, 0) is 6.42 Å². The van der Waals surface area contributed by atoms with Crippen molar-refractivity contribution in [2.75, 3.05) is 19.0 Å². The SMILES string of the molecule is CN(C)c1cc(CC(=S)c2ccccc2)ccc1O.Cl. The second kappa shape index (κ2) is 7.27. The number of anilines is 1. The van der Waals surface area contributed by atoms with Gasteiger partial charge in [-0.15, -0.1) is 12.4 Å². The predicted molar refractivity (Wildman–Crippen MR) is 91.5 cm³/mol. The van der Waals surface area contributed by atoms with Crippen LogP contribution in [0.15, 0.2) is 48.5 Å². The molecule has 0 unspecified atom stereocenters. The Morgan fingerprint density at radius 3 is 2.35 bits per heavy atom. The lowest BCUT2D eigenvalue weighted by atomic mass is 10.0. The zero-order valence-corrected chi connectivity index (χ0v) is 13.2. The van der Waals surface area contributed by atoms with Crippen molar-refractivity contribution in [3.8, 4) is 5.75 Å². The molecule has 2 rings (SSSR count). The maximum atomic E-state index is 9.78. The topological polar surface area (TPSA) is 23.5 Å². The summed E-state index contributed by atoms with van der Waals surface area (Å²) in [7, 11) is 3.82. The van der Waals surface area contributed by atoms with E-state index in [9.17, 15) is 5.11 Å². The Hall–Kier alpha value is -1.58. The van der Waals surface area contributed by atoms with E-state index in [4.69, 9.17) is 12.2 Å². The standard InChI is InChI=1S/C16H17NOS.ClH/c1-17(2)14-10-12(8-9-15(14)18)11-16(19)13-6-4-3-5-7-13;/h3-10,18H,11H2,1-2H3;1H. The maximum absolute atomic E-state index is 9.78. The number of phenolic OH excluding ortho intramolecular Hbond substituents is 1. The first-order chi connectivity index (χ1) is 9.08. The minimum atomic E-state index is 0. The summed E-state index contributed by atoms with van der Waals surface area (Å²) in [5, 5.41) is 9.78. The largest absolute Gasteiger partial charge is 0.506 e. The van der Waals surface area contributed by atoms with E-state index in [1.807, 2.05) is 61.5 Å². The monoisotopic (exact) mass is 307 g/mol. The third-order valence-corrected chi connectivity index (χ3v) is 3.36. The molecule has 2 aromatic rings. The van der Waals surface area contributed by atoms with Crippen molar-refractivity contribution in [1.82, 2.24) is 0 Å². The maximum Gasteiger partial charge on any atom is 0.138 e. The van der Waals surface area contributed by atoms with Crippen LogP contribution in [0, 0.1) is 0 Å². The fraction of sp³-hybridized carbons (Fsp3) is 0.188. The summed E-state index contributed by atoms with van der Waals surface area (Å²) in [5.74, 6) is 0.291. The number of aromatic hydroxyl groups is 1. The van der Waals surface area contributed by atoms with Crippen LogP contribution in [0.2, 0.25) is 0 Å². The van der Waals surface area contributed by atoms with E-state index in [2.05, 4.69) is 0 Å². The van der Waals surface area contributed by atoms with Gasteiger partial charge in [0, 0.05) is 25.4 Å². The molecule has 0 aromatic heterocycles. The Kier molecular flexibility index (Phi) is 5.99. The molecule has 0 amide bonds. The van der Waals surface area contributed by atoms with Crippen LogP contribution in [-0.4, -0.2) is 24.1 Å². The van der Waals surface area contributed by atoms with Gasteiger partial charge < -0.3 is 10.0 Å². The summed E-state index contributed by atoms with van der Waals surface area (Å²) < 4.78 is 0. The van der Waals surface area contributed by atoms with E-state index < -0.39 is 0 Å². The van der Waals surface area contributed by atoms with Crippen molar-refractivity contribution in [2.24, 2.45) is 0 Å². The van der Waals surface area contributed by atoms with Crippen LogP contribution in [0.25, 0.3) is 0 Å². The molecule has 20 heavy (non-hydrogen) atoms. The molecule has 0 saturated heterocycles. The first-order valence-corrected chi connectivity index (χ1v) is 6.56. The van der Waals surface area contributed by atoms with Gasteiger partial charge in [-0.1, -0.05) is 48.6 Å². The van der Waals surface area contributed by atoms with Crippen molar-refractivity contribution < 1.29 is 5.11 Å². The highest BCUT2D eigenvalue weighted by molar-refractivity contribution is 7.80. The quantitative estimate of drug-likeness (QED) is 0.686. The molecule has 0 aliphatic carbocycles. The summed E-state index contributed by atoms with van der Waals surface area (Å²) in [6.45, 7) is 0. The minimum Gasteiger partial charge on any atom is -0.506 e. The summed E-state index contributed by atoms with van der Waals surface area (Å²) in [6, 6.07) is 15.6. The minimum absolute atomic E-state index is 0. The molecular weight excluding hydrogens is 290 g/mol. The molecule has 106 valence electrons. The molecule has 2 aromatic carbocycles. The van der Waals surface area contributed by atoms with Gasteiger partial charge >= 0.3 is 0 Å². The number of benzene rings is 2. The molecular formula is C16H18ClNOS. The first kappa shape index (κ1) is 16.5. The smallest absolute Gasteiger partial charge is 0.138 e. The highest BCUT2D eigenvalue weighted by Crippen LogP contribution is 2.27. The van der Waals surface area contributed by atoms with E-state index >= 15 is 0 Å². The lowest BCUT2D eigenvalue weighted by Crippen LogP contribution is -2.10. The van der Waals surface area contributed by atoms with Gasteiger partial charge in [-0.25, -0.2) is 0 Å². The predicted octanol–water partition coefficient (Wildman–Crippen LogP) is 3.84. The van der Waals surface area contributed by atoms with Crippen LogP contribution in [0.3, 0.4) is 0 Å². The normalized spacial score (nSPS) is 9.70. The van der Waals surface area contributed by atoms with Gasteiger partial charge in [-0.05, 0) is 23.3 Å². The van der Waals surface area contributed by atoms with E-state index in [0.29, 0.717) is 12.2 Å². The van der Waals surface area contributed by atoms with Gasteiger partial charge in [0.2, 0.25) is 0 Å². The van der Waals surface area contributed by atoms with E-state index in [1.54, 1.807) is 6.07 Å². The second-order valence-corrected chi connectivity index (χ2v) is 5.18. The van der Waals surface area contributed by atoms with Crippen LogP contribution >= 0.6 is 24.6 Å². The molecule has 0 aliphatic heterocycles. The number of rotatable bonds is 4. The third-order valence-electron chi connectivity index (χ3n) is 2.98. The molecule has 1 N–H and O–H groups in total. The Labute approximate surface area is 131 Å². The second-order valence-electron chi connectivity index (χ2n) is 4.68. The molecule has 0 atom stereocenters. The van der Waals surface area contributed by atoms with Crippen molar-refractivity contribution in [3.05, 3.63) is 59.7 Å². The van der Waals surface area contributed by atoms with Crippen molar-refractivity contribution in [3.63, 3.8) is 0 Å². The Bertz CT molecular complexity index is 584. The molecule has 0 spiro atoms. The van der Waals surface area contributed by atoms with Gasteiger partial charge in [-0.3, -0.25) is 0 Å². The summed E-state index contributed by atoms with van der Waals surface area (Å²) >= 11 is 5.47. The van der Waals surface area contributed by atoms with Crippen molar-refractivity contribution >= 4 is 35.2 Å². The number of nitrogens with zero attached hydrogens (tertiary/aromatic N) is 1. The van der Waals surface area contributed by atoms with Crippen LogP contribution in [0.5, 0.6) is 5.75 Å². The highest BCUT2D eigenvalue weighted by Gasteiger charge is 2.07. The molecule has 4 heteroatoms. The molecule has 0 bridgehead atoms. The Morgan fingerprint density at radius 2 is 1.75 bits per heavy atom. The van der Waals surface area contributed by atoms with Gasteiger partial charge in [-0.2, -0.15) is 0 Å². The zero-order chi connectivity index (χ0) is 13.8. The third kappa shape index (κ3) is 3.95. The van der Waals surface area contributed by atoms with Crippen LogP contribution in [0.1, 0.15) is 11.1 Å². The Balaban J connectivity index is 0.00000200. The molecule has 0 saturated carbocycles. The fourth-order valence-corrected chi connectivity index (χ4v) is 2.25. The zero-order valence-electron chi connectivity index (χ0n) is 11.5. The number of phenols is 1. The van der Waals surface area contributed by atoms with E-state index in [1.165, 1.54) is 0 Å². The summed E-state index contributed by atoms with van der Waals surface area (Å²) in [5.41, 5.74) is 3.00. The van der Waals surface area contributed by atoms with Crippen LogP contribution in [0.4, 0.5) is 5.69 Å². The van der Waals surface area contributed by atoms with Crippen molar-refractivity contribution in [1.29, 1.82) is 0 Å². The van der Waals surface area contributed by atoms with Gasteiger partial charge in [0.25, 0.3) is 0 Å². The van der Waals surface area contributed by atoms with Crippen LogP contribution < -0.4 is 4.90 Å². The molecule has 2 nitrogen and oxygen atoms in total. The number of halogens is 1. The van der Waals surface area contributed by atoms with Gasteiger partial charge in [0.1, 0.15) is 5.75 Å². The lowest BCUT2D eigenvalue weighted by molar-refractivity contribution is 0.475. The Morgan fingerprint density at radius 1 is 1.10 bits per heavy atom. The lowest BCUT2D eigenvalue weighted by Gasteiger charge is -2.15. The van der Waals surface area contributed by atoms with E-state index in [0.717, 1.165) is 21.7 Å². The summed E-state index contributed by atoms with van der Waals surface area (Å²) in [6.07, 6.45) is 0.709. The number of thiocarbonyl (C=S) groups is 1.